The van der Waals surface area contributed by atoms with E-state index in [9.17, 15) is 9.11 Å². The fourth-order valence-corrected chi connectivity index (χ4v) is 6.07. The van der Waals surface area contributed by atoms with E-state index in [4.69, 9.17) is 11.6 Å². The average Bonchev–Trinajstić information content (AvgIpc) is 2.84. The highest BCUT2D eigenvalue weighted by molar-refractivity contribution is 8.22. The molecule has 2 aromatic rings. The zero-order valence-corrected chi connectivity index (χ0v) is 14.8. The van der Waals surface area contributed by atoms with Gasteiger partial charge in [0.2, 0.25) is 0 Å². The van der Waals surface area contributed by atoms with Gasteiger partial charge in [0.1, 0.15) is 0 Å². The lowest BCUT2D eigenvalue weighted by atomic mass is 9.96. The fraction of sp³-hybridized carbons (Fsp3) is 0.333. The third-order valence-electron chi connectivity index (χ3n) is 4.91. The van der Waals surface area contributed by atoms with Crippen molar-refractivity contribution in [3.63, 3.8) is 0 Å². The molecule has 0 bridgehead atoms. The lowest BCUT2D eigenvalue weighted by Gasteiger charge is -2.46. The maximum atomic E-state index is 11.1. The van der Waals surface area contributed by atoms with E-state index in [1.165, 1.54) is 0 Å². The second-order valence-electron chi connectivity index (χ2n) is 6.35. The number of piperidine rings is 1. The summed E-state index contributed by atoms with van der Waals surface area (Å²) in [7, 11) is -2.98. The van der Waals surface area contributed by atoms with Crippen molar-refractivity contribution in [3.05, 3.63) is 64.7 Å². The Morgan fingerprint density at radius 3 is 2.38 bits per heavy atom. The fourth-order valence-electron chi connectivity index (χ4n) is 3.80. The van der Waals surface area contributed by atoms with E-state index in [1.54, 1.807) is 0 Å². The Balaban J connectivity index is 1.84. The number of nitrogens with zero attached hydrogens (tertiary/aromatic N) is 1. The van der Waals surface area contributed by atoms with Gasteiger partial charge in [0.25, 0.3) is 0 Å². The molecular weight excluding hydrogens is 344 g/mol. The van der Waals surface area contributed by atoms with Crippen LogP contribution in [0.25, 0.3) is 0 Å². The molecule has 0 aliphatic carbocycles. The molecule has 0 aromatic heterocycles. The lowest BCUT2D eigenvalue weighted by Crippen LogP contribution is -2.43. The summed E-state index contributed by atoms with van der Waals surface area (Å²) in [6.45, 7) is 1.81. The highest BCUT2D eigenvalue weighted by Gasteiger charge is 2.46. The number of halogens is 1. The Morgan fingerprint density at radius 2 is 1.67 bits per heavy atom. The summed E-state index contributed by atoms with van der Waals surface area (Å²) >= 11 is 6.04. The van der Waals surface area contributed by atoms with Crippen molar-refractivity contribution in [1.29, 1.82) is 0 Å². The molecule has 2 aromatic carbocycles. The van der Waals surface area contributed by atoms with Crippen molar-refractivity contribution in [1.82, 2.24) is 9.62 Å². The van der Waals surface area contributed by atoms with Crippen molar-refractivity contribution in [3.8, 4) is 0 Å². The van der Waals surface area contributed by atoms with Crippen molar-refractivity contribution >= 4 is 22.4 Å². The number of fused-ring (bicyclic) bond motifs is 1. The molecule has 0 spiro atoms. The Hall–Kier alpha value is -1.08. The Bertz CT molecular complexity index is 732. The molecular formula is C18H21ClN2O2S. The molecule has 0 amide bonds. The van der Waals surface area contributed by atoms with Crippen LogP contribution >= 0.6 is 22.4 Å². The number of hydrogen-bond donors (Lipinski definition) is 3. The van der Waals surface area contributed by atoms with Crippen LogP contribution in [0.15, 0.2) is 53.4 Å². The van der Waals surface area contributed by atoms with Crippen LogP contribution in [-0.4, -0.2) is 32.5 Å². The minimum atomic E-state index is -2.98. The molecule has 0 saturated carbocycles. The summed E-state index contributed by atoms with van der Waals surface area (Å²) in [5.74, 6) is 0. The van der Waals surface area contributed by atoms with E-state index in [1.807, 2.05) is 52.8 Å². The van der Waals surface area contributed by atoms with Crippen molar-refractivity contribution < 1.29 is 9.11 Å². The first-order valence-corrected chi connectivity index (χ1v) is 10.1. The minimum Gasteiger partial charge on any atom is -0.317 e. The van der Waals surface area contributed by atoms with Gasteiger partial charge in [-0.25, -0.2) is 0 Å². The van der Waals surface area contributed by atoms with Gasteiger partial charge in [0, 0.05) is 11.1 Å². The number of rotatable bonds is 2. The van der Waals surface area contributed by atoms with E-state index in [-0.39, 0.29) is 12.1 Å². The molecule has 24 heavy (non-hydrogen) atoms. The van der Waals surface area contributed by atoms with E-state index in [0.29, 0.717) is 9.92 Å². The maximum Gasteiger partial charge on any atom is 0.0815 e. The molecule has 128 valence electrons. The Labute approximate surface area is 148 Å². The van der Waals surface area contributed by atoms with Gasteiger partial charge in [0.15, 0.2) is 0 Å². The van der Waals surface area contributed by atoms with Crippen LogP contribution in [0.5, 0.6) is 0 Å². The average molecular weight is 365 g/mol. The van der Waals surface area contributed by atoms with E-state index in [0.717, 1.165) is 37.1 Å². The highest BCUT2D eigenvalue weighted by atomic mass is 35.5. The molecule has 2 heterocycles. The van der Waals surface area contributed by atoms with E-state index >= 15 is 0 Å². The number of hydrogen-bond acceptors (Lipinski definition) is 4. The van der Waals surface area contributed by atoms with E-state index in [2.05, 4.69) is 5.32 Å². The normalized spacial score (nSPS) is 25.4. The Morgan fingerprint density at radius 1 is 1.00 bits per heavy atom. The molecule has 1 unspecified atom stereocenters. The van der Waals surface area contributed by atoms with Gasteiger partial charge in [0.05, 0.1) is 10.9 Å². The Kier molecular flexibility index (Phi) is 4.33. The molecule has 2 aliphatic heterocycles. The highest BCUT2D eigenvalue weighted by Crippen LogP contribution is 2.66. The van der Waals surface area contributed by atoms with Gasteiger partial charge in [-0.05, 0) is 55.3 Å². The van der Waals surface area contributed by atoms with Gasteiger partial charge >= 0.3 is 0 Å². The summed E-state index contributed by atoms with van der Waals surface area (Å²) in [4.78, 5) is 0.656. The van der Waals surface area contributed by atoms with E-state index < -0.39 is 10.8 Å². The molecule has 0 radical (unpaired) electrons. The first-order valence-electron chi connectivity index (χ1n) is 8.21. The van der Waals surface area contributed by atoms with Gasteiger partial charge in [-0.15, -0.1) is 10.8 Å². The predicted molar refractivity (Wildman–Crippen MR) is 98.6 cm³/mol. The van der Waals surface area contributed by atoms with Crippen molar-refractivity contribution in [2.24, 2.45) is 0 Å². The van der Waals surface area contributed by atoms with Crippen LogP contribution in [0.4, 0.5) is 0 Å². The molecule has 1 saturated heterocycles. The second-order valence-corrected chi connectivity index (χ2v) is 8.69. The summed E-state index contributed by atoms with van der Waals surface area (Å²) in [6.07, 6.45) is 1.82. The third kappa shape index (κ3) is 2.65. The van der Waals surface area contributed by atoms with Gasteiger partial charge in [-0.2, -0.15) is 4.31 Å². The lowest BCUT2D eigenvalue weighted by molar-refractivity contribution is 0.218. The molecule has 2 aliphatic rings. The molecule has 1 atom stereocenters. The first-order chi connectivity index (χ1) is 11.6. The second kappa shape index (κ2) is 6.33. The topological polar surface area (TPSA) is 55.7 Å². The van der Waals surface area contributed by atoms with Gasteiger partial charge < -0.3 is 5.32 Å². The largest absolute Gasteiger partial charge is 0.317 e. The van der Waals surface area contributed by atoms with Gasteiger partial charge in [-0.1, -0.05) is 41.9 Å². The quantitative estimate of drug-likeness (QED) is 0.733. The SMILES string of the molecule is OS1(O)c2ccccc2C(c2ccc(Cl)cc2)N1C1CCNCC1. The zero-order valence-electron chi connectivity index (χ0n) is 13.2. The summed E-state index contributed by atoms with van der Waals surface area (Å²) < 4.78 is 24.1. The summed E-state index contributed by atoms with van der Waals surface area (Å²) in [6, 6.07) is 15.4. The molecule has 1 fully saturated rings. The van der Waals surface area contributed by atoms with Crippen molar-refractivity contribution in [2.45, 2.75) is 29.8 Å². The van der Waals surface area contributed by atoms with Crippen LogP contribution in [0.2, 0.25) is 5.02 Å². The van der Waals surface area contributed by atoms with Crippen LogP contribution in [-0.2, 0) is 0 Å². The number of benzene rings is 2. The monoisotopic (exact) mass is 364 g/mol. The zero-order chi connectivity index (χ0) is 16.7. The van der Waals surface area contributed by atoms with Crippen LogP contribution in [0, 0.1) is 0 Å². The van der Waals surface area contributed by atoms with Crippen LogP contribution in [0.3, 0.4) is 0 Å². The molecule has 4 nitrogen and oxygen atoms in total. The summed E-state index contributed by atoms with van der Waals surface area (Å²) in [5, 5.41) is 4.04. The van der Waals surface area contributed by atoms with Crippen molar-refractivity contribution in [2.75, 3.05) is 13.1 Å². The van der Waals surface area contributed by atoms with Crippen LogP contribution in [0.1, 0.15) is 30.0 Å². The first kappa shape index (κ1) is 16.4. The third-order valence-corrected chi connectivity index (χ3v) is 7.22. The summed E-state index contributed by atoms with van der Waals surface area (Å²) in [5.41, 5.74) is 2.03. The smallest absolute Gasteiger partial charge is 0.0815 e. The maximum absolute atomic E-state index is 11.1. The molecule has 3 N–H and O–H groups in total. The standard InChI is InChI=1S/C18H21ClN2O2S/c19-14-7-5-13(6-8-14)18-16-3-1-2-4-17(16)24(22,23)21(18)15-9-11-20-12-10-15/h1-8,15,18,20,22-23H,9-12H2. The minimum absolute atomic E-state index is 0.143. The van der Waals surface area contributed by atoms with Gasteiger partial charge in [-0.3, -0.25) is 9.11 Å². The van der Waals surface area contributed by atoms with Crippen LogP contribution < -0.4 is 5.32 Å². The molecule has 4 rings (SSSR count). The number of nitrogens with one attached hydrogen (secondary N) is 1. The predicted octanol–water partition coefficient (Wildman–Crippen LogP) is 4.52. The molecule has 6 heteroatoms.